The molecule has 30 heavy (non-hydrogen) atoms. The Morgan fingerprint density at radius 2 is 1.53 bits per heavy atom. The van der Waals surface area contributed by atoms with Crippen LogP contribution in [0.4, 0.5) is 5.69 Å². The zero-order valence-electron chi connectivity index (χ0n) is 18.1. The first-order valence-corrected chi connectivity index (χ1v) is 10.0. The largest absolute Gasteiger partial charge is 0.469 e. The number of amides is 3. The highest BCUT2D eigenvalue weighted by Crippen LogP contribution is 2.10. The Labute approximate surface area is 178 Å². The maximum absolute atomic E-state index is 12.6. The number of anilines is 1. The van der Waals surface area contributed by atoms with Crippen molar-refractivity contribution in [2.75, 3.05) is 12.4 Å². The molecule has 2 atom stereocenters. The molecule has 8 heteroatoms. The van der Waals surface area contributed by atoms with E-state index >= 15 is 0 Å². The second kappa shape index (κ2) is 12.6. The lowest BCUT2D eigenvalue weighted by atomic mass is 10.0. The molecule has 0 heterocycles. The van der Waals surface area contributed by atoms with Crippen LogP contribution in [0.3, 0.4) is 0 Å². The van der Waals surface area contributed by atoms with E-state index in [2.05, 4.69) is 27.6 Å². The van der Waals surface area contributed by atoms with Crippen molar-refractivity contribution in [1.82, 2.24) is 10.6 Å². The normalized spacial score (nSPS) is 12.6. The van der Waals surface area contributed by atoms with E-state index in [1.165, 1.54) is 7.11 Å². The zero-order valence-corrected chi connectivity index (χ0v) is 18.1. The molecule has 1 rings (SSSR count). The molecule has 0 aliphatic carbocycles. The SMILES string of the molecule is [CH2]c1ccc(NC(=O)[C@H](C)NC(=O)[C@@H](NC(=O)CCCCC(=O)OC)C(C)C)cc1. The molecule has 0 aromatic heterocycles. The Bertz CT molecular complexity index is 731. The molecule has 1 radical (unpaired) electrons. The van der Waals surface area contributed by atoms with E-state index in [0.29, 0.717) is 18.5 Å². The number of carbonyl (C=O) groups is 4. The number of nitrogens with one attached hydrogen (secondary N) is 3. The average molecular weight is 419 g/mol. The summed E-state index contributed by atoms with van der Waals surface area (Å²) in [5.41, 5.74) is 1.43. The molecule has 0 fully saturated rings. The van der Waals surface area contributed by atoms with Crippen LogP contribution >= 0.6 is 0 Å². The summed E-state index contributed by atoms with van der Waals surface area (Å²) in [6, 6.07) is 5.45. The number of carbonyl (C=O) groups excluding carboxylic acids is 4. The van der Waals surface area contributed by atoms with Crippen LogP contribution in [0.25, 0.3) is 0 Å². The first-order chi connectivity index (χ1) is 14.1. The van der Waals surface area contributed by atoms with Crippen LogP contribution in [0.15, 0.2) is 24.3 Å². The Hall–Kier alpha value is -2.90. The van der Waals surface area contributed by atoms with Crippen molar-refractivity contribution < 1.29 is 23.9 Å². The van der Waals surface area contributed by atoms with Crippen LogP contribution in [-0.4, -0.2) is 42.9 Å². The van der Waals surface area contributed by atoms with E-state index in [1.807, 2.05) is 13.8 Å². The molecule has 3 amide bonds. The van der Waals surface area contributed by atoms with Gasteiger partial charge in [0.2, 0.25) is 17.7 Å². The predicted octanol–water partition coefficient (Wildman–Crippen LogP) is 2.19. The van der Waals surface area contributed by atoms with Gasteiger partial charge in [-0.1, -0.05) is 26.0 Å². The molecule has 0 aliphatic rings. The molecule has 0 saturated carbocycles. The molecule has 8 nitrogen and oxygen atoms in total. The fourth-order valence-electron chi connectivity index (χ4n) is 2.64. The van der Waals surface area contributed by atoms with E-state index in [-0.39, 0.29) is 36.5 Å². The second-order valence-electron chi connectivity index (χ2n) is 7.49. The van der Waals surface area contributed by atoms with Gasteiger partial charge in [0, 0.05) is 18.5 Å². The van der Waals surface area contributed by atoms with Gasteiger partial charge in [-0.25, -0.2) is 0 Å². The maximum Gasteiger partial charge on any atom is 0.305 e. The van der Waals surface area contributed by atoms with Crippen molar-refractivity contribution in [3.05, 3.63) is 36.8 Å². The molecule has 0 spiro atoms. The highest BCUT2D eigenvalue weighted by molar-refractivity contribution is 5.98. The third kappa shape index (κ3) is 9.07. The van der Waals surface area contributed by atoms with Gasteiger partial charge in [0.15, 0.2) is 0 Å². The van der Waals surface area contributed by atoms with E-state index in [1.54, 1.807) is 31.2 Å². The number of rotatable bonds is 11. The quantitative estimate of drug-likeness (QED) is 0.377. The number of hydrogen-bond acceptors (Lipinski definition) is 5. The smallest absolute Gasteiger partial charge is 0.305 e. The molecule has 0 aliphatic heterocycles. The van der Waals surface area contributed by atoms with Gasteiger partial charge in [-0.05, 0) is 50.3 Å². The van der Waals surface area contributed by atoms with Crippen molar-refractivity contribution >= 4 is 29.4 Å². The average Bonchev–Trinajstić information content (AvgIpc) is 2.70. The minimum atomic E-state index is -0.782. The van der Waals surface area contributed by atoms with Crippen LogP contribution in [0, 0.1) is 12.8 Å². The van der Waals surface area contributed by atoms with Gasteiger partial charge in [0.25, 0.3) is 0 Å². The zero-order chi connectivity index (χ0) is 22.7. The number of hydrogen-bond donors (Lipinski definition) is 3. The molecule has 0 saturated heterocycles. The van der Waals surface area contributed by atoms with Crippen LogP contribution in [-0.2, 0) is 23.9 Å². The van der Waals surface area contributed by atoms with Gasteiger partial charge in [0.1, 0.15) is 12.1 Å². The standard InChI is InChI=1S/C22H32N3O5/c1-14(2)20(25-18(26)8-6-7-9-19(27)30-5)22(29)23-16(4)21(28)24-17-12-10-15(3)11-13-17/h10-14,16,20H,3,6-9H2,1-2,4-5H3,(H,23,29)(H,24,28)(H,25,26)/t16-,20-/m0/s1. The minimum Gasteiger partial charge on any atom is -0.469 e. The number of ether oxygens (including phenoxy) is 1. The van der Waals surface area contributed by atoms with Gasteiger partial charge >= 0.3 is 5.97 Å². The lowest BCUT2D eigenvalue weighted by Gasteiger charge is -2.24. The van der Waals surface area contributed by atoms with Gasteiger partial charge in [-0.3, -0.25) is 19.2 Å². The molecule has 3 N–H and O–H groups in total. The summed E-state index contributed by atoms with van der Waals surface area (Å²) in [5.74, 6) is -1.55. The van der Waals surface area contributed by atoms with Gasteiger partial charge < -0.3 is 20.7 Å². The van der Waals surface area contributed by atoms with Crippen molar-refractivity contribution in [3.8, 4) is 0 Å². The Balaban J connectivity index is 2.53. The second-order valence-corrected chi connectivity index (χ2v) is 7.49. The van der Waals surface area contributed by atoms with Gasteiger partial charge in [0.05, 0.1) is 7.11 Å². The maximum atomic E-state index is 12.6. The topological polar surface area (TPSA) is 114 Å². The third-order valence-electron chi connectivity index (χ3n) is 4.50. The highest BCUT2D eigenvalue weighted by atomic mass is 16.5. The Morgan fingerprint density at radius 3 is 2.10 bits per heavy atom. The monoisotopic (exact) mass is 418 g/mol. The lowest BCUT2D eigenvalue weighted by molar-refractivity contribution is -0.140. The lowest BCUT2D eigenvalue weighted by Crippen LogP contribution is -2.53. The fraction of sp³-hybridized carbons (Fsp3) is 0.500. The summed E-state index contributed by atoms with van der Waals surface area (Å²) in [6.45, 7) is 8.99. The summed E-state index contributed by atoms with van der Waals surface area (Å²) in [6.07, 6.45) is 1.50. The first-order valence-electron chi connectivity index (χ1n) is 10.0. The van der Waals surface area contributed by atoms with Crippen LogP contribution in [0.5, 0.6) is 0 Å². The predicted molar refractivity (Wildman–Crippen MR) is 114 cm³/mol. The van der Waals surface area contributed by atoms with E-state index < -0.39 is 18.0 Å². The van der Waals surface area contributed by atoms with E-state index in [9.17, 15) is 19.2 Å². The molecule has 1 aromatic carbocycles. The Morgan fingerprint density at radius 1 is 0.933 bits per heavy atom. The summed E-state index contributed by atoms with van der Waals surface area (Å²) in [7, 11) is 1.32. The van der Waals surface area contributed by atoms with Crippen LogP contribution in [0.2, 0.25) is 0 Å². The highest BCUT2D eigenvalue weighted by Gasteiger charge is 2.26. The third-order valence-corrected chi connectivity index (χ3v) is 4.50. The molecule has 1 aromatic rings. The van der Waals surface area contributed by atoms with E-state index in [0.717, 1.165) is 5.56 Å². The van der Waals surface area contributed by atoms with Crippen molar-refractivity contribution in [2.24, 2.45) is 5.92 Å². The van der Waals surface area contributed by atoms with Crippen LogP contribution < -0.4 is 16.0 Å². The van der Waals surface area contributed by atoms with Crippen molar-refractivity contribution in [1.29, 1.82) is 0 Å². The minimum absolute atomic E-state index is 0.163. The van der Waals surface area contributed by atoms with Crippen molar-refractivity contribution in [3.63, 3.8) is 0 Å². The number of unbranched alkanes of at least 4 members (excludes halogenated alkanes) is 1. The summed E-state index contributed by atoms with van der Waals surface area (Å²) < 4.78 is 4.56. The molecule has 0 unspecified atom stereocenters. The molecule has 0 bridgehead atoms. The number of methoxy groups -OCH3 is 1. The molecular weight excluding hydrogens is 386 g/mol. The van der Waals surface area contributed by atoms with Gasteiger partial charge in [-0.15, -0.1) is 0 Å². The van der Waals surface area contributed by atoms with Crippen LogP contribution in [0.1, 0.15) is 52.0 Å². The first kappa shape index (κ1) is 25.1. The van der Waals surface area contributed by atoms with E-state index in [4.69, 9.17) is 0 Å². The molecule has 165 valence electrons. The summed E-state index contributed by atoms with van der Waals surface area (Å²) in [5, 5.41) is 8.09. The summed E-state index contributed by atoms with van der Waals surface area (Å²) >= 11 is 0. The Kier molecular flexibility index (Phi) is 10.6. The fourth-order valence-corrected chi connectivity index (χ4v) is 2.64. The number of benzene rings is 1. The van der Waals surface area contributed by atoms with Crippen molar-refractivity contribution in [2.45, 2.75) is 58.5 Å². The van der Waals surface area contributed by atoms with Gasteiger partial charge in [-0.2, -0.15) is 0 Å². The summed E-state index contributed by atoms with van der Waals surface area (Å²) in [4.78, 5) is 48.2. The number of esters is 1. The molecular formula is C22H32N3O5.